The third-order valence-corrected chi connectivity index (χ3v) is 3.25. The molecule has 0 bridgehead atoms. The van der Waals surface area contributed by atoms with Crippen molar-refractivity contribution in [3.05, 3.63) is 23.4 Å². The van der Waals surface area contributed by atoms with E-state index in [0.717, 1.165) is 6.20 Å². The molecule has 0 spiro atoms. The van der Waals surface area contributed by atoms with Crippen LogP contribution in [0.15, 0.2) is 12.3 Å². The molecular formula is C12H9F6NO2. The summed E-state index contributed by atoms with van der Waals surface area (Å²) in [5.41, 5.74) is -3.81. The fourth-order valence-corrected chi connectivity index (χ4v) is 1.72. The molecule has 3 nitrogen and oxygen atoms in total. The Kier molecular flexibility index (Phi) is 3.63. The second kappa shape index (κ2) is 4.88. The lowest BCUT2D eigenvalue weighted by Gasteiger charge is -2.20. The van der Waals surface area contributed by atoms with Gasteiger partial charge in [0.1, 0.15) is 17.6 Å². The minimum Gasteiger partial charge on any atom is -0.476 e. The quantitative estimate of drug-likeness (QED) is 0.629. The van der Waals surface area contributed by atoms with Crippen LogP contribution in [0.1, 0.15) is 28.8 Å². The van der Waals surface area contributed by atoms with E-state index < -0.39 is 35.8 Å². The van der Waals surface area contributed by atoms with Gasteiger partial charge < -0.3 is 4.74 Å². The molecule has 1 aliphatic rings. The van der Waals surface area contributed by atoms with Crippen molar-refractivity contribution in [1.29, 1.82) is 0 Å². The summed E-state index contributed by atoms with van der Waals surface area (Å²) in [5, 5.41) is 0. The average Bonchev–Trinajstić information content (AvgIpc) is 3.15. The van der Waals surface area contributed by atoms with Gasteiger partial charge in [0, 0.05) is 11.8 Å². The summed E-state index contributed by atoms with van der Waals surface area (Å²) >= 11 is 0. The van der Waals surface area contributed by atoms with Gasteiger partial charge in [-0.2, -0.15) is 26.3 Å². The normalized spacial score (nSPS) is 17.4. The molecule has 0 unspecified atom stereocenters. The van der Waals surface area contributed by atoms with Crippen LogP contribution in [0.2, 0.25) is 0 Å². The van der Waals surface area contributed by atoms with Gasteiger partial charge in [0.15, 0.2) is 6.29 Å². The van der Waals surface area contributed by atoms with Gasteiger partial charge >= 0.3 is 12.4 Å². The first-order chi connectivity index (χ1) is 9.59. The van der Waals surface area contributed by atoms with Crippen molar-refractivity contribution in [2.75, 3.05) is 6.61 Å². The highest BCUT2D eigenvalue weighted by atomic mass is 19.4. The van der Waals surface area contributed by atoms with Crippen LogP contribution in [-0.2, 0) is 6.18 Å². The molecule has 0 amide bonds. The second-order valence-electron chi connectivity index (χ2n) is 4.80. The van der Waals surface area contributed by atoms with Crippen LogP contribution in [0.25, 0.3) is 0 Å². The lowest BCUT2D eigenvalue weighted by molar-refractivity contribution is -0.195. The van der Waals surface area contributed by atoms with Crippen molar-refractivity contribution in [2.45, 2.75) is 25.2 Å². The number of hydrogen-bond acceptors (Lipinski definition) is 3. The number of pyridine rings is 1. The van der Waals surface area contributed by atoms with E-state index in [4.69, 9.17) is 0 Å². The van der Waals surface area contributed by atoms with Crippen molar-refractivity contribution in [3.8, 4) is 5.88 Å². The van der Waals surface area contributed by atoms with E-state index in [-0.39, 0.29) is 24.7 Å². The van der Waals surface area contributed by atoms with Crippen LogP contribution in [0, 0.1) is 5.41 Å². The minimum absolute atomic E-state index is 0.157. The number of carbonyl (C=O) groups excluding carboxylic acids is 1. The summed E-state index contributed by atoms with van der Waals surface area (Å²) in [4.78, 5) is 13.7. The smallest absolute Gasteiger partial charge is 0.421 e. The van der Waals surface area contributed by atoms with E-state index in [9.17, 15) is 31.1 Å². The first-order valence-corrected chi connectivity index (χ1v) is 5.81. The zero-order chi connectivity index (χ0) is 15.9. The van der Waals surface area contributed by atoms with Gasteiger partial charge in [-0.25, -0.2) is 4.98 Å². The van der Waals surface area contributed by atoms with Gasteiger partial charge in [-0.3, -0.25) is 4.79 Å². The summed E-state index contributed by atoms with van der Waals surface area (Å²) in [6.07, 6.45) is -8.83. The van der Waals surface area contributed by atoms with E-state index in [1.165, 1.54) is 0 Å². The van der Waals surface area contributed by atoms with Crippen molar-refractivity contribution in [2.24, 2.45) is 5.41 Å². The molecule has 9 heteroatoms. The van der Waals surface area contributed by atoms with Gasteiger partial charge in [-0.1, -0.05) is 0 Å². The molecule has 1 heterocycles. The number of alkyl halides is 6. The summed E-state index contributed by atoms with van der Waals surface area (Å²) < 4.78 is 81.0. The molecule has 2 rings (SSSR count). The Labute approximate surface area is 114 Å². The molecule has 116 valence electrons. The monoisotopic (exact) mass is 313 g/mol. The molecule has 21 heavy (non-hydrogen) atoms. The van der Waals surface area contributed by atoms with Crippen LogP contribution in [0.3, 0.4) is 0 Å². The number of halogens is 6. The molecule has 1 aromatic heterocycles. The molecule has 1 aromatic rings. The van der Waals surface area contributed by atoms with E-state index >= 15 is 0 Å². The standard InChI is InChI=1S/C12H9F6NO2/c13-11(14,15)8-3-7(5-20)4-19-9(8)21-6-10(1-2-10)12(16,17)18/h3-5H,1-2,6H2. The summed E-state index contributed by atoms with van der Waals surface area (Å²) in [5.74, 6) is -0.955. The molecule has 0 radical (unpaired) electrons. The van der Waals surface area contributed by atoms with Crippen LogP contribution >= 0.6 is 0 Å². The summed E-state index contributed by atoms with van der Waals surface area (Å²) in [7, 11) is 0. The van der Waals surface area contributed by atoms with Crippen LogP contribution in [-0.4, -0.2) is 24.1 Å². The Balaban J connectivity index is 2.23. The molecule has 1 fully saturated rings. The number of nitrogens with zero attached hydrogens (tertiary/aromatic N) is 1. The number of aldehydes is 1. The van der Waals surface area contributed by atoms with Gasteiger partial charge in [-0.05, 0) is 18.9 Å². The fraction of sp³-hybridized carbons (Fsp3) is 0.500. The molecule has 0 aromatic carbocycles. The Bertz CT molecular complexity index is 548. The predicted molar refractivity (Wildman–Crippen MR) is 57.8 cm³/mol. The average molecular weight is 313 g/mol. The zero-order valence-corrected chi connectivity index (χ0v) is 10.4. The molecule has 0 aliphatic heterocycles. The third kappa shape index (κ3) is 3.11. The number of hydrogen-bond donors (Lipinski definition) is 0. The van der Waals surface area contributed by atoms with E-state index in [1.54, 1.807) is 0 Å². The maximum Gasteiger partial charge on any atom is 0.421 e. The van der Waals surface area contributed by atoms with Gasteiger partial charge in [0.05, 0.1) is 0 Å². The maximum absolute atomic E-state index is 12.8. The predicted octanol–water partition coefficient (Wildman–Crippen LogP) is 3.63. The molecule has 0 saturated heterocycles. The lowest BCUT2D eigenvalue weighted by Crippen LogP contribution is -2.31. The fourth-order valence-electron chi connectivity index (χ4n) is 1.72. The van der Waals surface area contributed by atoms with Crippen LogP contribution < -0.4 is 4.74 Å². The molecule has 0 atom stereocenters. The van der Waals surface area contributed by atoms with Gasteiger partial charge in [-0.15, -0.1) is 0 Å². The minimum atomic E-state index is -4.88. The lowest BCUT2D eigenvalue weighted by atomic mass is 10.1. The van der Waals surface area contributed by atoms with Crippen molar-refractivity contribution in [1.82, 2.24) is 4.98 Å². The van der Waals surface area contributed by atoms with E-state index in [1.807, 2.05) is 0 Å². The van der Waals surface area contributed by atoms with Crippen molar-refractivity contribution in [3.63, 3.8) is 0 Å². The SMILES string of the molecule is O=Cc1cnc(OCC2(C(F)(F)F)CC2)c(C(F)(F)F)c1. The first-order valence-electron chi connectivity index (χ1n) is 5.81. The topological polar surface area (TPSA) is 39.2 Å². The second-order valence-corrected chi connectivity index (χ2v) is 4.80. The van der Waals surface area contributed by atoms with Gasteiger partial charge in [0.25, 0.3) is 0 Å². The highest BCUT2D eigenvalue weighted by Gasteiger charge is 2.64. The number of carbonyl (C=O) groups is 1. The first kappa shape index (κ1) is 15.6. The molecular weight excluding hydrogens is 304 g/mol. The molecule has 0 N–H and O–H groups in total. The van der Waals surface area contributed by atoms with E-state index in [0.29, 0.717) is 6.07 Å². The highest BCUT2D eigenvalue weighted by Crippen LogP contribution is 2.57. The molecule has 1 aliphatic carbocycles. The number of rotatable bonds is 4. The number of ether oxygens (including phenoxy) is 1. The Hall–Kier alpha value is -1.80. The van der Waals surface area contributed by atoms with Crippen molar-refractivity contribution >= 4 is 6.29 Å². The largest absolute Gasteiger partial charge is 0.476 e. The Morgan fingerprint density at radius 1 is 1.24 bits per heavy atom. The van der Waals surface area contributed by atoms with Crippen LogP contribution in [0.5, 0.6) is 5.88 Å². The Morgan fingerprint density at radius 3 is 2.29 bits per heavy atom. The summed E-state index contributed by atoms with van der Waals surface area (Å²) in [6, 6.07) is 0.489. The van der Waals surface area contributed by atoms with Crippen molar-refractivity contribution < 1.29 is 35.9 Å². The Morgan fingerprint density at radius 2 is 1.86 bits per heavy atom. The highest BCUT2D eigenvalue weighted by molar-refractivity contribution is 5.74. The van der Waals surface area contributed by atoms with Crippen LogP contribution in [0.4, 0.5) is 26.3 Å². The number of aromatic nitrogens is 1. The van der Waals surface area contributed by atoms with E-state index in [2.05, 4.69) is 9.72 Å². The molecule has 1 saturated carbocycles. The summed E-state index contributed by atoms with van der Waals surface area (Å²) in [6.45, 7) is -0.924. The third-order valence-electron chi connectivity index (χ3n) is 3.25. The zero-order valence-electron chi connectivity index (χ0n) is 10.4. The maximum atomic E-state index is 12.8. The van der Waals surface area contributed by atoms with Gasteiger partial charge in [0.2, 0.25) is 5.88 Å².